The fraction of sp³-hybridized carbons (Fsp3) is 0.115. The Morgan fingerprint density at radius 2 is 1.48 bits per heavy atom. The van der Waals surface area contributed by atoms with Gasteiger partial charge < -0.3 is 4.74 Å². The molecule has 4 rings (SSSR count). The molecule has 0 amide bonds. The molecule has 29 heavy (non-hydrogen) atoms. The van der Waals surface area contributed by atoms with E-state index in [0.29, 0.717) is 11.1 Å². The van der Waals surface area contributed by atoms with Crippen LogP contribution in [0.15, 0.2) is 84.9 Å². The fourth-order valence-electron chi connectivity index (χ4n) is 3.42. The Morgan fingerprint density at radius 1 is 0.828 bits per heavy atom. The molecule has 4 aromatic carbocycles. The molecule has 0 aliphatic rings. The molecule has 0 bridgehead atoms. The maximum Gasteiger partial charge on any atom is 0.193 e. The van der Waals surface area contributed by atoms with Gasteiger partial charge in [0.1, 0.15) is 11.6 Å². The van der Waals surface area contributed by atoms with Crippen LogP contribution in [0.25, 0.3) is 21.9 Å². The lowest BCUT2D eigenvalue weighted by atomic mass is 9.96. The molecule has 0 aromatic heterocycles. The lowest BCUT2D eigenvalue weighted by molar-refractivity contribution is 0.103. The molecule has 144 valence electrons. The van der Waals surface area contributed by atoms with Crippen LogP contribution in [-0.2, 0) is 0 Å². The van der Waals surface area contributed by atoms with Gasteiger partial charge in [0.25, 0.3) is 0 Å². The van der Waals surface area contributed by atoms with E-state index in [4.69, 9.17) is 4.74 Å². The van der Waals surface area contributed by atoms with Crippen LogP contribution in [0.4, 0.5) is 4.39 Å². The zero-order valence-electron chi connectivity index (χ0n) is 16.4. The predicted octanol–water partition coefficient (Wildman–Crippen LogP) is 6.66. The van der Waals surface area contributed by atoms with Gasteiger partial charge in [0.2, 0.25) is 0 Å². The van der Waals surface area contributed by atoms with Crippen LogP contribution >= 0.6 is 0 Å². The number of carbonyl (C=O) groups is 1. The van der Waals surface area contributed by atoms with Crippen molar-refractivity contribution in [3.63, 3.8) is 0 Å². The van der Waals surface area contributed by atoms with Gasteiger partial charge in [-0.1, -0.05) is 48.5 Å². The maximum atomic E-state index is 13.1. The summed E-state index contributed by atoms with van der Waals surface area (Å²) in [5, 5.41) is 2.23. The van der Waals surface area contributed by atoms with Gasteiger partial charge in [-0.3, -0.25) is 4.79 Å². The van der Waals surface area contributed by atoms with E-state index in [1.165, 1.54) is 24.3 Å². The highest BCUT2D eigenvalue weighted by Gasteiger charge is 2.11. The van der Waals surface area contributed by atoms with Crippen molar-refractivity contribution in [2.75, 3.05) is 0 Å². The molecule has 0 atom stereocenters. The summed E-state index contributed by atoms with van der Waals surface area (Å²) in [6.45, 7) is 4.01. The van der Waals surface area contributed by atoms with Crippen molar-refractivity contribution in [3.05, 3.63) is 102 Å². The van der Waals surface area contributed by atoms with Crippen molar-refractivity contribution in [3.8, 4) is 16.9 Å². The van der Waals surface area contributed by atoms with Crippen molar-refractivity contribution in [2.45, 2.75) is 20.0 Å². The molecule has 0 saturated heterocycles. The summed E-state index contributed by atoms with van der Waals surface area (Å²) in [4.78, 5) is 12.6. The van der Waals surface area contributed by atoms with Gasteiger partial charge in [-0.25, -0.2) is 4.39 Å². The lowest BCUT2D eigenvalue weighted by Gasteiger charge is -2.13. The Labute approximate surface area is 169 Å². The molecule has 0 N–H and O–H groups in total. The van der Waals surface area contributed by atoms with Crippen LogP contribution in [0.2, 0.25) is 0 Å². The Bertz CT molecular complexity index is 1160. The Morgan fingerprint density at radius 3 is 2.14 bits per heavy atom. The average molecular weight is 384 g/mol. The summed E-state index contributed by atoms with van der Waals surface area (Å²) < 4.78 is 18.9. The zero-order chi connectivity index (χ0) is 20.4. The van der Waals surface area contributed by atoms with Gasteiger partial charge in [-0.15, -0.1) is 0 Å². The second-order valence-corrected chi connectivity index (χ2v) is 7.27. The molecule has 3 heteroatoms. The van der Waals surface area contributed by atoms with Gasteiger partial charge in [0, 0.05) is 11.1 Å². The van der Waals surface area contributed by atoms with E-state index in [9.17, 15) is 9.18 Å². The minimum Gasteiger partial charge on any atom is -0.491 e. The molecule has 0 aliphatic heterocycles. The van der Waals surface area contributed by atoms with Crippen LogP contribution in [0.1, 0.15) is 29.8 Å². The number of carbonyl (C=O) groups excluding carboxylic acids is 1. The number of benzene rings is 4. The smallest absolute Gasteiger partial charge is 0.193 e. The third-order valence-corrected chi connectivity index (χ3v) is 4.79. The van der Waals surface area contributed by atoms with Gasteiger partial charge in [0.05, 0.1) is 6.10 Å². The second kappa shape index (κ2) is 7.88. The first-order valence-electron chi connectivity index (χ1n) is 9.61. The molecular formula is C26H21FO2. The van der Waals surface area contributed by atoms with Crippen LogP contribution in [0.3, 0.4) is 0 Å². The molecule has 0 heterocycles. The topological polar surface area (TPSA) is 26.3 Å². The number of hydrogen-bond acceptors (Lipinski definition) is 2. The van der Waals surface area contributed by atoms with Crippen molar-refractivity contribution in [1.29, 1.82) is 0 Å². The standard InChI is InChI=1S/C26H21FO2/c1-17(2)29-23-15-12-18-4-3-5-24(25(18)16-23)19-6-8-20(9-7-19)26(28)21-10-13-22(27)14-11-21/h3-17H,1-2H3. The third-order valence-electron chi connectivity index (χ3n) is 4.79. The Hall–Kier alpha value is -3.46. The fourth-order valence-corrected chi connectivity index (χ4v) is 3.42. The van der Waals surface area contributed by atoms with E-state index in [0.717, 1.165) is 27.6 Å². The van der Waals surface area contributed by atoms with Crippen LogP contribution in [0.5, 0.6) is 5.75 Å². The number of halogens is 1. The summed E-state index contributed by atoms with van der Waals surface area (Å²) >= 11 is 0. The predicted molar refractivity (Wildman–Crippen MR) is 115 cm³/mol. The molecule has 0 fully saturated rings. The van der Waals surface area contributed by atoms with Gasteiger partial charge >= 0.3 is 0 Å². The Kier molecular flexibility index (Phi) is 5.13. The van der Waals surface area contributed by atoms with Crippen LogP contribution < -0.4 is 4.74 Å². The molecule has 0 radical (unpaired) electrons. The van der Waals surface area contributed by atoms with Gasteiger partial charge in [0.15, 0.2) is 5.78 Å². The molecule has 4 aromatic rings. The first-order valence-corrected chi connectivity index (χ1v) is 9.61. The van der Waals surface area contributed by atoms with Crippen LogP contribution in [-0.4, -0.2) is 11.9 Å². The summed E-state index contributed by atoms with van der Waals surface area (Å²) in [6.07, 6.45) is 0.108. The summed E-state index contributed by atoms with van der Waals surface area (Å²) in [5.41, 5.74) is 3.15. The molecule has 0 saturated carbocycles. The van der Waals surface area contributed by atoms with E-state index in [1.54, 1.807) is 0 Å². The second-order valence-electron chi connectivity index (χ2n) is 7.27. The van der Waals surface area contributed by atoms with Crippen molar-refractivity contribution < 1.29 is 13.9 Å². The van der Waals surface area contributed by atoms with E-state index < -0.39 is 0 Å². The largest absolute Gasteiger partial charge is 0.491 e. The normalized spacial score (nSPS) is 11.0. The van der Waals surface area contributed by atoms with Crippen molar-refractivity contribution in [2.24, 2.45) is 0 Å². The van der Waals surface area contributed by atoms with Crippen molar-refractivity contribution >= 4 is 16.6 Å². The van der Waals surface area contributed by atoms with E-state index in [-0.39, 0.29) is 17.7 Å². The number of rotatable bonds is 5. The molecule has 0 spiro atoms. The molecule has 0 unspecified atom stereocenters. The van der Waals surface area contributed by atoms with Crippen LogP contribution in [0, 0.1) is 5.82 Å². The summed E-state index contributed by atoms with van der Waals surface area (Å²) in [7, 11) is 0. The van der Waals surface area contributed by atoms with Gasteiger partial charge in [-0.2, -0.15) is 0 Å². The molecular weight excluding hydrogens is 363 g/mol. The minimum absolute atomic E-state index is 0.108. The number of ether oxygens (including phenoxy) is 1. The zero-order valence-corrected chi connectivity index (χ0v) is 16.4. The first-order chi connectivity index (χ1) is 14.0. The number of ketones is 1. The quantitative estimate of drug-likeness (QED) is 0.359. The average Bonchev–Trinajstić information content (AvgIpc) is 2.73. The number of fused-ring (bicyclic) bond motifs is 1. The maximum absolute atomic E-state index is 13.1. The summed E-state index contributed by atoms with van der Waals surface area (Å²) in [5.74, 6) is 0.360. The summed E-state index contributed by atoms with van der Waals surface area (Å²) in [6, 6.07) is 25.4. The third kappa shape index (κ3) is 4.04. The minimum atomic E-state index is -0.353. The highest BCUT2D eigenvalue weighted by atomic mass is 19.1. The first kappa shape index (κ1) is 18.9. The van der Waals surface area contributed by atoms with E-state index in [1.807, 2.05) is 50.2 Å². The number of hydrogen-bond donors (Lipinski definition) is 0. The van der Waals surface area contributed by atoms with Gasteiger partial charge in [-0.05, 0) is 72.1 Å². The van der Waals surface area contributed by atoms with E-state index >= 15 is 0 Å². The highest BCUT2D eigenvalue weighted by molar-refractivity contribution is 6.09. The monoisotopic (exact) mass is 384 g/mol. The lowest BCUT2D eigenvalue weighted by Crippen LogP contribution is -2.05. The SMILES string of the molecule is CC(C)Oc1ccc2cccc(-c3ccc(C(=O)c4ccc(F)cc4)cc3)c2c1. The van der Waals surface area contributed by atoms with Crippen molar-refractivity contribution in [1.82, 2.24) is 0 Å². The molecule has 2 nitrogen and oxygen atoms in total. The highest BCUT2D eigenvalue weighted by Crippen LogP contribution is 2.32. The molecule has 0 aliphatic carbocycles. The van der Waals surface area contributed by atoms with E-state index in [2.05, 4.69) is 24.3 Å². The Balaban J connectivity index is 1.69.